The van der Waals surface area contributed by atoms with Crippen LogP contribution in [0.25, 0.3) is 0 Å². The van der Waals surface area contributed by atoms with Gasteiger partial charge in [-0.15, -0.1) is 0 Å². The summed E-state index contributed by atoms with van der Waals surface area (Å²) < 4.78 is 118. The molecule has 3 aromatic rings. The van der Waals surface area contributed by atoms with Crippen LogP contribution in [0.1, 0.15) is 33.2 Å². The topological polar surface area (TPSA) is 80.8 Å². The number of nitrogens with one attached hydrogen (secondary N) is 1. The first-order valence-corrected chi connectivity index (χ1v) is 13.0. The molecule has 0 fully saturated rings. The molecule has 0 aliphatic heterocycles. The SMILES string of the molecule is CCN(C(=O)c1cccnc1)c1cccc(C(=O)Nc2c(Br)cc(C(F)(C(F)(F)F)C(F)(F)Cl)cc2OC(F)F)c1OC. The Kier molecular flexibility index (Phi) is 10.2. The van der Waals surface area contributed by atoms with Gasteiger partial charge < -0.3 is 19.7 Å². The summed E-state index contributed by atoms with van der Waals surface area (Å²) in [5, 5.41) is -3.46. The molecule has 1 N–H and O–H groups in total. The lowest BCUT2D eigenvalue weighted by Crippen LogP contribution is -2.49. The lowest BCUT2D eigenvalue weighted by atomic mass is 9.94. The number of benzene rings is 2. The first-order valence-electron chi connectivity index (χ1n) is 11.8. The van der Waals surface area contributed by atoms with Crippen LogP contribution in [0.2, 0.25) is 0 Å². The summed E-state index contributed by atoms with van der Waals surface area (Å²) in [5.41, 5.74) is -8.21. The van der Waals surface area contributed by atoms with Crippen molar-refractivity contribution in [2.24, 2.45) is 0 Å². The summed E-state index contributed by atoms with van der Waals surface area (Å²) in [5.74, 6) is -3.13. The Morgan fingerprint density at radius 2 is 1.77 bits per heavy atom. The third-order valence-electron chi connectivity index (χ3n) is 5.89. The van der Waals surface area contributed by atoms with Crippen molar-refractivity contribution in [3.63, 3.8) is 0 Å². The number of amides is 2. The van der Waals surface area contributed by atoms with Crippen LogP contribution in [0, 0.1) is 0 Å². The van der Waals surface area contributed by atoms with E-state index in [1.807, 2.05) is 0 Å². The highest BCUT2D eigenvalue weighted by Gasteiger charge is 2.72. The first-order chi connectivity index (χ1) is 20.0. The van der Waals surface area contributed by atoms with Crippen LogP contribution in [0.15, 0.2) is 59.3 Å². The largest absolute Gasteiger partial charge is 0.494 e. The molecule has 2 aromatic carbocycles. The summed E-state index contributed by atoms with van der Waals surface area (Å²) in [7, 11) is 1.17. The maximum absolute atomic E-state index is 14.9. The van der Waals surface area contributed by atoms with Crippen molar-refractivity contribution < 1.29 is 54.2 Å². The zero-order chi connectivity index (χ0) is 32.3. The molecule has 0 bridgehead atoms. The lowest BCUT2D eigenvalue weighted by molar-refractivity contribution is -0.286. The average Bonchev–Trinajstić information content (AvgIpc) is 2.93. The Morgan fingerprint density at radius 3 is 2.28 bits per heavy atom. The number of aromatic nitrogens is 1. The average molecular weight is 705 g/mol. The number of anilines is 2. The number of para-hydroxylation sites is 1. The summed E-state index contributed by atoms with van der Waals surface area (Å²) in [6.07, 6.45) is -3.55. The fourth-order valence-electron chi connectivity index (χ4n) is 3.96. The fraction of sp³-hybridized carbons (Fsp3) is 0.269. The van der Waals surface area contributed by atoms with Crippen molar-refractivity contribution in [3.05, 3.63) is 76.0 Å². The van der Waals surface area contributed by atoms with Crippen molar-refractivity contribution in [3.8, 4) is 11.5 Å². The molecule has 232 valence electrons. The Hall–Kier alpha value is -3.66. The third kappa shape index (κ3) is 6.79. The van der Waals surface area contributed by atoms with E-state index in [4.69, 9.17) is 4.74 Å². The summed E-state index contributed by atoms with van der Waals surface area (Å²) >= 11 is 7.17. The second-order valence-corrected chi connectivity index (χ2v) is 9.80. The van der Waals surface area contributed by atoms with Gasteiger partial charge in [0.15, 0.2) is 11.5 Å². The molecule has 0 saturated heterocycles. The van der Waals surface area contributed by atoms with Gasteiger partial charge in [0.2, 0.25) is 0 Å². The first kappa shape index (κ1) is 33.8. The maximum atomic E-state index is 14.9. The smallest absolute Gasteiger partial charge is 0.434 e. The maximum Gasteiger partial charge on any atom is 0.434 e. The van der Waals surface area contributed by atoms with E-state index in [2.05, 4.69) is 42.6 Å². The normalized spacial score (nSPS) is 13.3. The molecule has 1 heterocycles. The molecule has 0 aliphatic rings. The van der Waals surface area contributed by atoms with Crippen LogP contribution < -0.4 is 19.7 Å². The predicted molar refractivity (Wildman–Crippen MR) is 143 cm³/mol. The number of rotatable bonds is 10. The number of hydrogen-bond donors (Lipinski definition) is 1. The number of nitrogens with zero attached hydrogens (tertiary/aromatic N) is 2. The minimum Gasteiger partial charge on any atom is -0.494 e. The minimum atomic E-state index is -6.31. The molecule has 1 unspecified atom stereocenters. The van der Waals surface area contributed by atoms with Gasteiger partial charge in [0.1, 0.15) is 0 Å². The van der Waals surface area contributed by atoms with Gasteiger partial charge in [-0.2, -0.15) is 30.7 Å². The standard InChI is InChI=1S/C26H19BrClF8N3O4/c1-3-39(22(41)13-6-5-9-37-12-13)17-8-4-7-15(20(17)42-2)21(40)38-19-16(27)10-14(11-18(19)43-23(29)30)24(31,25(28,32)33)26(34,35)36/h4-12,23H,3H2,1-2H3,(H,38,40). The number of carbonyl (C=O) groups is 2. The van der Waals surface area contributed by atoms with Gasteiger partial charge in [-0.1, -0.05) is 6.07 Å². The van der Waals surface area contributed by atoms with Crippen LogP contribution in [0.4, 0.5) is 46.5 Å². The summed E-state index contributed by atoms with van der Waals surface area (Å²) in [4.78, 5) is 31.6. The molecule has 0 saturated carbocycles. The number of alkyl halides is 9. The molecular formula is C26H19BrClF8N3O4. The minimum absolute atomic E-state index is 0.0872. The molecule has 1 aromatic heterocycles. The third-order valence-corrected chi connectivity index (χ3v) is 6.78. The monoisotopic (exact) mass is 703 g/mol. The molecule has 0 aliphatic carbocycles. The number of pyridine rings is 1. The van der Waals surface area contributed by atoms with Crippen molar-refractivity contribution in [1.82, 2.24) is 4.98 Å². The number of hydrogen-bond acceptors (Lipinski definition) is 5. The van der Waals surface area contributed by atoms with E-state index < -0.39 is 57.1 Å². The zero-order valence-corrected chi connectivity index (χ0v) is 24.1. The number of methoxy groups -OCH3 is 1. The van der Waals surface area contributed by atoms with Gasteiger partial charge in [-0.05, 0) is 70.9 Å². The highest BCUT2D eigenvalue weighted by molar-refractivity contribution is 9.10. The quantitative estimate of drug-likeness (QED) is 0.171. The van der Waals surface area contributed by atoms with Crippen LogP contribution in [-0.2, 0) is 5.67 Å². The van der Waals surface area contributed by atoms with E-state index in [9.17, 15) is 44.7 Å². The molecule has 3 rings (SSSR count). The summed E-state index contributed by atoms with van der Waals surface area (Å²) in [6.45, 7) is -2.03. The van der Waals surface area contributed by atoms with E-state index in [1.54, 1.807) is 6.92 Å². The van der Waals surface area contributed by atoms with Gasteiger partial charge in [0, 0.05) is 29.0 Å². The molecular weight excluding hydrogens is 686 g/mol. The predicted octanol–water partition coefficient (Wildman–Crippen LogP) is 7.93. The highest BCUT2D eigenvalue weighted by Crippen LogP contribution is 2.56. The van der Waals surface area contributed by atoms with Gasteiger partial charge >= 0.3 is 23.8 Å². The van der Waals surface area contributed by atoms with E-state index in [1.165, 1.54) is 54.7 Å². The molecule has 2 amide bonds. The Morgan fingerprint density at radius 1 is 1.09 bits per heavy atom. The van der Waals surface area contributed by atoms with Crippen molar-refractivity contribution in [2.45, 2.75) is 30.8 Å². The number of ether oxygens (including phenoxy) is 2. The van der Waals surface area contributed by atoms with E-state index in [0.717, 1.165) is 0 Å². The van der Waals surface area contributed by atoms with Crippen LogP contribution >= 0.6 is 27.5 Å². The van der Waals surface area contributed by atoms with Gasteiger partial charge in [-0.3, -0.25) is 14.6 Å². The van der Waals surface area contributed by atoms with E-state index in [-0.39, 0.29) is 41.2 Å². The van der Waals surface area contributed by atoms with Crippen LogP contribution in [-0.4, -0.2) is 48.6 Å². The van der Waals surface area contributed by atoms with Crippen molar-refractivity contribution >= 4 is 50.7 Å². The molecule has 7 nitrogen and oxygen atoms in total. The lowest BCUT2D eigenvalue weighted by Gasteiger charge is -2.32. The van der Waals surface area contributed by atoms with Crippen LogP contribution in [0.5, 0.6) is 11.5 Å². The Labute approximate surface area is 251 Å². The second kappa shape index (κ2) is 12.9. The summed E-state index contributed by atoms with van der Waals surface area (Å²) in [6, 6.07) is 7.11. The Balaban J connectivity index is 2.11. The highest BCUT2D eigenvalue weighted by atomic mass is 79.9. The van der Waals surface area contributed by atoms with E-state index >= 15 is 0 Å². The van der Waals surface area contributed by atoms with Gasteiger partial charge in [0.05, 0.1) is 29.6 Å². The van der Waals surface area contributed by atoms with Gasteiger partial charge in [0.25, 0.3) is 11.8 Å². The van der Waals surface area contributed by atoms with Crippen molar-refractivity contribution in [2.75, 3.05) is 23.9 Å². The molecule has 0 radical (unpaired) electrons. The molecule has 17 heteroatoms. The molecule has 0 spiro atoms. The zero-order valence-electron chi connectivity index (χ0n) is 21.8. The van der Waals surface area contributed by atoms with Crippen molar-refractivity contribution in [1.29, 1.82) is 0 Å². The number of halogens is 10. The Bertz CT molecular complexity index is 1480. The molecule has 43 heavy (non-hydrogen) atoms. The van der Waals surface area contributed by atoms with E-state index in [0.29, 0.717) is 0 Å². The second-order valence-electron chi connectivity index (χ2n) is 8.47. The van der Waals surface area contributed by atoms with Crippen LogP contribution in [0.3, 0.4) is 0 Å². The molecule has 1 atom stereocenters. The van der Waals surface area contributed by atoms with Gasteiger partial charge in [-0.25, -0.2) is 4.39 Å². The fourth-order valence-corrected chi connectivity index (χ4v) is 4.72. The number of carbonyl (C=O) groups excluding carboxylic acids is 2.